The minimum absolute atomic E-state index is 0.336. The normalized spacial score (nSPS) is 17.2. The molecule has 0 N–H and O–H groups in total. The summed E-state index contributed by atoms with van der Waals surface area (Å²) in [6, 6.07) is 9.98. The fraction of sp³-hybridized carbons (Fsp3) is 0.300. The molecule has 128 valence electrons. The van der Waals surface area contributed by atoms with E-state index in [1.165, 1.54) is 20.0 Å². The molecule has 3 aromatic rings. The lowest BCUT2D eigenvalue weighted by molar-refractivity contribution is 0.0601. The Morgan fingerprint density at radius 3 is 2.88 bits per heavy atom. The van der Waals surface area contributed by atoms with E-state index >= 15 is 0 Å². The summed E-state index contributed by atoms with van der Waals surface area (Å²) in [5.74, 6) is -0.336. The zero-order valence-electron chi connectivity index (χ0n) is 14.4. The number of benzene rings is 1. The molecule has 2 aromatic heterocycles. The summed E-state index contributed by atoms with van der Waals surface area (Å²) in [6.45, 7) is 3.25. The number of methoxy groups -OCH3 is 1. The van der Waals surface area contributed by atoms with Gasteiger partial charge in [0.05, 0.1) is 42.1 Å². The van der Waals surface area contributed by atoms with E-state index in [1.807, 2.05) is 18.2 Å². The number of nitrogens with zero attached hydrogens (tertiary/aromatic N) is 2. The maximum absolute atomic E-state index is 11.8. The monoisotopic (exact) mass is 336 g/mol. The van der Waals surface area contributed by atoms with Crippen LogP contribution >= 0.6 is 0 Å². The van der Waals surface area contributed by atoms with Gasteiger partial charge in [0, 0.05) is 23.5 Å². The van der Waals surface area contributed by atoms with Crippen LogP contribution in [0.3, 0.4) is 0 Å². The molecule has 0 radical (unpaired) electrons. The second-order valence-corrected chi connectivity index (χ2v) is 6.45. The zero-order chi connectivity index (χ0) is 17.4. The third kappa shape index (κ3) is 2.76. The van der Waals surface area contributed by atoms with Gasteiger partial charge in [-0.25, -0.2) is 9.78 Å². The summed E-state index contributed by atoms with van der Waals surface area (Å²) in [7, 11) is 1.39. The highest BCUT2D eigenvalue weighted by Crippen LogP contribution is 2.36. The zero-order valence-corrected chi connectivity index (χ0v) is 14.4. The van der Waals surface area contributed by atoms with E-state index in [-0.39, 0.29) is 5.97 Å². The van der Waals surface area contributed by atoms with Gasteiger partial charge in [-0.15, -0.1) is 0 Å². The van der Waals surface area contributed by atoms with Crippen molar-refractivity contribution in [2.75, 3.05) is 18.6 Å². The molecule has 0 spiro atoms. The van der Waals surface area contributed by atoms with Gasteiger partial charge < -0.3 is 14.1 Å². The average Bonchev–Trinajstić information content (AvgIpc) is 3.31. The van der Waals surface area contributed by atoms with Crippen molar-refractivity contribution < 1.29 is 13.9 Å². The van der Waals surface area contributed by atoms with Crippen LogP contribution in [-0.4, -0.2) is 30.6 Å². The van der Waals surface area contributed by atoms with Gasteiger partial charge in [-0.3, -0.25) is 0 Å². The predicted molar refractivity (Wildman–Crippen MR) is 96.8 cm³/mol. The molecule has 1 aliphatic heterocycles. The molecule has 5 heteroatoms. The molecule has 1 aromatic carbocycles. The smallest absolute Gasteiger partial charge is 0.337 e. The van der Waals surface area contributed by atoms with Crippen LogP contribution in [0.15, 0.2) is 47.3 Å². The highest BCUT2D eigenvalue weighted by molar-refractivity contribution is 5.96. The van der Waals surface area contributed by atoms with Crippen LogP contribution in [0.25, 0.3) is 22.2 Å². The predicted octanol–water partition coefficient (Wildman–Crippen LogP) is 4.27. The largest absolute Gasteiger partial charge is 0.472 e. The fourth-order valence-corrected chi connectivity index (χ4v) is 3.53. The van der Waals surface area contributed by atoms with E-state index in [0.717, 1.165) is 34.4 Å². The highest BCUT2D eigenvalue weighted by atomic mass is 16.5. The third-order valence-electron chi connectivity index (χ3n) is 4.87. The number of rotatable bonds is 3. The van der Waals surface area contributed by atoms with Crippen LogP contribution in [0.4, 0.5) is 5.69 Å². The second-order valence-electron chi connectivity index (χ2n) is 6.45. The number of carbonyl (C=O) groups is 1. The summed E-state index contributed by atoms with van der Waals surface area (Å²) in [6.07, 6.45) is 5.73. The number of pyridine rings is 1. The first-order valence-corrected chi connectivity index (χ1v) is 8.49. The second kappa shape index (κ2) is 6.24. The van der Waals surface area contributed by atoms with Crippen molar-refractivity contribution in [3.05, 3.63) is 48.4 Å². The van der Waals surface area contributed by atoms with Gasteiger partial charge in [0.25, 0.3) is 0 Å². The van der Waals surface area contributed by atoms with Crippen molar-refractivity contribution in [3.63, 3.8) is 0 Å². The van der Waals surface area contributed by atoms with Gasteiger partial charge in [-0.05, 0) is 50.1 Å². The summed E-state index contributed by atoms with van der Waals surface area (Å²) in [5.41, 5.74) is 4.35. The molecule has 0 saturated carbocycles. The van der Waals surface area contributed by atoms with Crippen molar-refractivity contribution in [3.8, 4) is 11.3 Å². The average molecular weight is 336 g/mol. The maximum Gasteiger partial charge on any atom is 0.337 e. The molecule has 25 heavy (non-hydrogen) atoms. The Labute approximate surface area is 146 Å². The Bertz CT molecular complexity index is 918. The Balaban J connectivity index is 1.91. The Morgan fingerprint density at radius 2 is 2.20 bits per heavy atom. The van der Waals surface area contributed by atoms with Gasteiger partial charge in [0.15, 0.2) is 0 Å². The van der Waals surface area contributed by atoms with Crippen molar-refractivity contribution in [2.24, 2.45) is 0 Å². The van der Waals surface area contributed by atoms with E-state index in [1.54, 1.807) is 18.6 Å². The van der Waals surface area contributed by atoms with Gasteiger partial charge in [-0.1, -0.05) is 0 Å². The number of hydrogen-bond acceptors (Lipinski definition) is 5. The lowest BCUT2D eigenvalue weighted by Crippen LogP contribution is -2.27. The number of fused-ring (bicyclic) bond motifs is 1. The quantitative estimate of drug-likeness (QED) is 0.669. The third-order valence-corrected chi connectivity index (χ3v) is 4.87. The van der Waals surface area contributed by atoms with Gasteiger partial charge in [0.2, 0.25) is 0 Å². The van der Waals surface area contributed by atoms with Crippen molar-refractivity contribution in [1.82, 2.24) is 4.98 Å². The first kappa shape index (κ1) is 15.7. The SMILES string of the molecule is COC(=O)c1ccc2nc(-c3ccoc3)c(N3CCC[C@@H]3C)cc2c1. The molecule has 4 rings (SSSR count). The van der Waals surface area contributed by atoms with Crippen molar-refractivity contribution in [1.29, 1.82) is 0 Å². The molecule has 0 aliphatic carbocycles. The highest BCUT2D eigenvalue weighted by Gasteiger charge is 2.25. The Kier molecular flexibility index (Phi) is 3.92. The molecular weight excluding hydrogens is 316 g/mol. The van der Waals surface area contributed by atoms with E-state index in [9.17, 15) is 4.79 Å². The standard InChI is InChI=1S/C20H20N2O3/c1-13-4-3-8-22(13)18-11-16-10-14(20(23)24-2)5-6-17(16)21-19(18)15-7-9-25-12-15/h5-7,9-13H,3-4,8H2,1-2H3/t13-/m0/s1. The first-order valence-electron chi connectivity index (χ1n) is 8.49. The van der Waals surface area contributed by atoms with Crippen LogP contribution in [0, 0.1) is 0 Å². The molecular formula is C20H20N2O3. The van der Waals surface area contributed by atoms with E-state index in [4.69, 9.17) is 14.1 Å². The van der Waals surface area contributed by atoms with E-state index in [0.29, 0.717) is 11.6 Å². The molecule has 1 fully saturated rings. The minimum atomic E-state index is -0.336. The van der Waals surface area contributed by atoms with Crippen LogP contribution in [0.5, 0.6) is 0 Å². The van der Waals surface area contributed by atoms with Gasteiger partial charge in [0.1, 0.15) is 0 Å². The molecule has 3 heterocycles. The van der Waals surface area contributed by atoms with E-state index < -0.39 is 0 Å². The lowest BCUT2D eigenvalue weighted by atomic mass is 10.1. The van der Waals surface area contributed by atoms with E-state index in [2.05, 4.69) is 17.9 Å². The number of carbonyl (C=O) groups excluding carboxylic acids is 1. The number of hydrogen-bond donors (Lipinski definition) is 0. The molecule has 0 unspecified atom stereocenters. The van der Waals surface area contributed by atoms with Crippen LogP contribution < -0.4 is 4.90 Å². The first-order chi connectivity index (χ1) is 12.2. The number of esters is 1. The van der Waals surface area contributed by atoms with Crippen molar-refractivity contribution in [2.45, 2.75) is 25.8 Å². The molecule has 1 saturated heterocycles. The van der Waals surface area contributed by atoms with Crippen LogP contribution in [0.2, 0.25) is 0 Å². The summed E-state index contributed by atoms with van der Waals surface area (Å²) in [4.78, 5) is 19.1. The minimum Gasteiger partial charge on any atom is -0.472 e. The molecule has 0 amide bonds. The summed E-state index contributed by atoms with van der Waals surface area (Å²) >= 11 is 0. The molecule has 1 atom stereocenters. The van der Waals surface area contributed by atoms with Crippen molar-refractivity contribution >= 4 is 22.6 Å². The molecule has 0 bridgehead atoms. The Morgan fingerprint density at radius 1 is 1.32 bits per heavy atom. The Hall–Kier alpha value is -2.82. The lowest BCUT2D eigenvalue weighted by Gasteiger charge is -2.26. The number of anilines is 1. The number of aromatic nitrogens is 1. The topological polar surface area (TPSA) is 55.6 Å². The number of furan rings is 1. The fourth-order valence-electron chi connectivity index (χ4n) is 3.53. The van der Waals surface area contributed by atoms with Gasteiger partial charge in [-0.2, -0.15) is 0 Å². The summed E-state index contributed by atoms with van der Waals surface area (Å²) in [5, 5.41) is 0.934. The number of ether oxygens (including phenoxy) is 1. The maximum atomic E-state index is 11.8. The van der Waals surface area contributed by atoms with Crippen LogP contribution in [0.1, 0.15) is 30.1 Å². The molecule has 5 nitrogen and oxygen atoms in total. The molecule has 1 aliphatic rings. The van der Waals surface area contributed by atoms with Crippen LogP contribution in [-0.2, 0) is 4.74 Å². The summed E-state index contributed by atoms with van der Waals surface area (Å²) < 4.78 is 10.1. The van der Waals surface area contributed by atoms with Gasteiger partial charge >= 0.3 is 5.97 Å².